The van der Waals surface area contributed by atoms with Gasteiger partial charge in [0, 0.05) is 15.8 Å². The maximum absolute atomic E-state index is 11.5. The predicted molar refractivity (Wildman–Crippen MR) is 109 cm³/mol. The second kappa shape index (κ2) is 6.15. The number of aromatic amines is 2. The third-order valence-corrected chi connectivity index (χ3v) is 5.86. The van der Waals surface area contributed by atoms with Gasteiger partial charge in [0.25, 0.3) is 0 Å². The Morgan fingerprint density at radius 1 is 1.22 bits per heavy atom. The second-order valence-electron chi connectivity index (χ2n) is 6.19. The number of imidazole rings is 1. The third kappa shape index (κ3) is 2.71. The highest BCUT2D eigenvalue weighted by atomic mass is 32.2. The zero-order valence-corrected chi connectivity index (χ0v) is 15.9. The quantitative estimate of drug-likeness (QED) is 0.455. The van der Waals surface area contributed by atoms with Crippen LogP contribution in [-0.2, 0) is 0 Å². The molecule has 27 heavy (non-hydrogen) atoms. The molecule has 1 aliphatic heterocycles. The van der Waals surface area contributed by atoms with Gasteiger partial charge in [0.1, 0.15) is 5.75 Å². The molecule has 9 heteroatoms. The average Bonchev–Trinajstić information content (AvgIpc) is 3.35. The number of nitrogens with two attached hydrogens (primary N) is 1. The van der Waals surface area contributed by atoms with Crippen LogP contribution in [0.3, 0.4) is 0 Å². The largest absolute Gasteiger partial charge is 0.468 e. The van der Waals surface area contributed by atoms with Crippen molar-refractivity contribution in [2.45, 2.75) is 18.0 Å². The van der Waals surface area contributed by atoms with Gasteiger partial charge in [0.15, 0.2) is 11.4 Å². The van der Waals surface area contributed by atoms with E-state index in [9.17, 15) is 4.79 Å². The van der Waals surface area contributed by atoms with Gasteiger partial charge in [-0.15, -0.1) is 11.3 Å². The van der Waals surface area contributed by atoms with Crippen molar-refractivity contribution >= 4 is 45.1 Å². The van der Waals surface area contributed by atoms with Crippen LogP contribution < -0.4 is 20.5 Å². The molecule has 0 amide bonds. The molecule has 4 N–H and O–H groups in total. The van der Waals surface area contributed by atoms with E-state index in [1.54, 1.807) is 11.3 Å². The Bertz CT molecular complexity index is 1210. The van der Waals surface area contributed by atoms with Crippen LogP contribution in [0.5, 0.6) is 5.75 Å². The van der Waals surface area contributed by atoms with E-state index in [0.717, 1.165) is 43.8 Å². The molecular formula is C18H15N5O2S2. The maximum atomic E-state index is 11.5. The molecule has 7 nitrogen and oxygen atoms in total. The number of nitrogens with zero attached hydrogens (tertiary/aromatic N) is 2. The standard InChI is InChI=1S/C18H15N5O2S2/c1-9-23(15-7-11(27-19)3-5-16(15)25-9)18-22-14(8-26-18)10-2-4-12-13(6-10)21-17(24)20-12/h2-9H,19H2,1H3,(H2,20,21,24). The molecule has 0 saturated carbocycles. The Hall–Kier alpha value is -2.75. The molecule has 1 atom stereocenters. The molecular weight excluding hydrogens is 382 g/mol. The van der Waals surface area contributed by atoms with E-state index in [-0.39, 0.29) is 11.9 Å². The van der Waals surface area contributed by atoms with E-state index in [4.69, 9.17) is 14.9 Å². The number of nitrogens with one attached hydrogen (secondary N) is 2. The monoisotopic (exact) mass is 397 g/mol. The van der Waals surface area contributed by atoms with Crippen molar-refractivity contribution in [3.05, 3.63) is 52.3 Å². The molecule has 2 aromatic heterocycles. The molecule has 0 bridgehead atoms. The van der Waals surface area contributed by atoms with E-state index in [1.807, 2.05) is 48.7 Å². The number of hydrogen-bond acceptors (Lipinski definition) is 7. The average molecular weight is 397 g/mol. The van der Waals surface area contributed by atoms with Crippen LogP contribution in [0.4, 0.5) is 10.8 Å². The summed E-state index contributed by atoms with van der Waals surface area (Å²) in [6.07, 6.45) is -0.152. The van der Waals surface area contributed by atoms with Gasteiger partial charge < -0.3 is 14.7 Å². The van der Waals surface area contributed by atoms with E-state index in [0.29, 0.717) is 0 Å². The summed E-state index contributed by atoms with van der Waals surface area (Å²) in [5.74, 6) is 0.823. The van der Waals surface area contributed by atoms with Crippen molar-refractivity contribution in [3.8, 4) is 17.0 Å². The van der Waals surface area contributed by atoms with Gasteiger partial charge in [-0.1, -0.05) is 6.07 Å². The zero-order valence-electron chi connectivity index (χ0n) is 14.2. The van der Waals surface area contributed by atoms with Gasteiger partial charge >= 0.3 is 5.69 Å². The van der Waals surface area contributed by atoms with Crippen LogP contribution in [0, 0.1) is 0 Å². The molecule has 4 aromatic rings. The highest BCUT2D eigenvalue weighted by molar-refractivity contribution is 7.97. The summed E-state index contributed by atoms with van der Waals surface area (Å²) in [5, 5.41) is 8.56. The summed E-state index contributed by atoms with van der Waals surface area (Å²) in [4.78, 5) is 24.8. The van der Waals surface area contributed by atoms with E-state index < -0.39 is 0 Å². The predicted octanol–water partition coefficient (Wildman–Crippen LogP) is 3.82. The number of anilines is 2. The number of aromatic nitrogens is 3. The fourth-order valence-electron chi connectivity index (χ4n) is 3.25. The molecule has 3 heterocycles. The summed E-state index contributed by atoms with van der Waals surface area (Å²) >= 11 is 2.76. The molecule has 5 rings (SSSR count). The number of hydrogen-bond donors (Lipinski definition) is 3. The van der Waals surface area contributed by atoms with Gasteiger partial charge in [0.2, 0.25) is 0 Å². The first-order valence-corrected chi connectivity index (χ1v) is 10.0. The SMILES string of the molecule is CC1Oc2ccc(SN)cc2N1c1nc(-c2ccc3[nH]c(=O)[nH]c3c2)cs1. The molecule has 136 valence electrons. The Morgan fingerprint density at radius 3 is 2.93 bits per heavy atom. The van der Waals surface area contributed by atoms with Crippen LogP contribution in [0.15, 0.2) is 51.5 Å². The number of fused-ring (bicyclic) bond motifs is 2. The van der Waals surface area contributed by atoms with Gasteiger partial charge in [0.05, 0.1) is 22.4 Å². The van der Waals surface area contributed by atoms with Crippen LogP contribution in [0.25, 0.3) is 22.3 Å². The molecule has 2 aromatic carbocycles. The van der Waals surface area contributed by atoms with E-state index in [2.05, 4.69) is 14.9 Å². The smallest absolute Gasteiger partial charge is 0.323 e. The van der Waals surface area contributed by atoms with Gasteiger partial charge in [-0.25, -0.2) is 9.78 Å². The maximum Gasteiger partial charge on any atom is 0.323 e. The molecule has 1 unspecified atom stereocenters. The summed E-state index contributed by atoms with van der Waals surface area (Å²) in [5.41, 5.74) is 4.09. The fourth-order valence-corrected chi connectivity index (χ4v) is 4.49. The van der Waals surface area contributed by atoms with Crippen LogP contribution in [-0.4, -0.2) is 21.2 Å². The molecule has 0 radical (unpaired) electrons. The van der Waals surface area contributed by atoms with Crippen molar-refractivity contribution in [3.63, 3.8) is 0 Å². The number of benzene rings is 2. The molecule has 0 aliphatic carbocycles. The second-order valence-corrected chi connectivity index (χ2v) is 7.73. The summed E-state index contributed by atoms with van der Waals surface area (Å²) in [6.45, 7) is 1.99. The minimum Gasteiger partial charge on any atom is -0.468 e. The topological polar surface area (TPSA) is 100 Å². The number of thiazole rings is 1. The first-order chi connectivity index (χ1) is 13.1. The summed E-state index contributed by atoms with van der Waals surface area (Å²) in [6, 6.07) is 11.6. The Balaban J connectivity index is 1.54. The minimum absolute atomic E-state index is 0.152. The molecule has 1 aliphatic rings. The van der Waals surface area contributed by atoms with E-state index in [1.165, 1.54) is 11.9 Å². The van der Waals surface area contributed by atoms with Gasteiger partial charge in [-0.2, -0.15) is 0 Å². The van der Waals surface area contributed by atoms with Crippen molar-refractivity contribution in [1.82, 2.24) is 15.0 Å². The van der Waals surface area contributed by atoms with Crippen molar-refractivity contribution < 1.29 is 4.74 Å². The lowest BCUT2D eigenvalue weighted by atomic mass is 10.1. The lowest BCUT2D eigenvalue weighted by molar-refractivity contribution is 0.256. The lowest BCUT2D eigenvalue weighted by Crippen LogP contribution is -2.26. The van der Waals surface area contributed by atoms with Gasteiger partial charge in [-0.05, 0) is 49.2 Å². The Kier molecular flexibility index (Phi) is 3.74. The van der Waals surface area contributed by atoms with Crippen LogP contribution in [0.1, 0.15) is 6.92 Å². The first-order valence-electron chi connectivity index (χ1n) is 8.27. The number of H-pyrrole nitrogens is 2. The zero-order chi connectivity index (χ0) is 18.5. The number of rotatable bonds is 3. The minimum atomic E-state index is -0.214. The number of ether oxygens (including phenoxy) is 1. The Labute approximate surface area is 162 Å². The summed E-state index contributed by atoms with van der Waals surface area (Å²) in [7, 11) is 0. The molecule has 0 spiro atoms. The first kappa shape index (κ1) is 16.4. The highest BCUT2D eigenvalue weighted by Crippen LogP contribution is 2.45. The highest BCUT2D eigenvalue weighted by Gasteiger charge is 2.31. The van der Waals surface area contributed by atoms with Crippen LogP contribution >= 0.6 is 23.3 Å². The lowest BCUT2D eigenvalue weighted by Gasteiger charge is -2.19. The normalized spacial score (nSPS) is 15.9. The fraction of sp³-hybridized carbons (Fsp3) is 0.111. The van der Waals surface area contributed by atoms with E-state index >= 15 is 0 Å². The van der Waals surface area contributed by atoms with Gasteiger partial charge in [-0.3, -0.25) is 10.0 Å². The van der Waals surface area contributed by atoms with Crippen molar-refractivity contribution in [1.29, 1.82) is 0 Å². The summed E-state index contributed by atoms with van der Waals surface area (Å²) < 4.78 is 5.95. The third-order valence-electron chi connectivity index (χ3n) is 4.50. The Morgan fingerprint density at radius 2 is 2.07 bits per heavy atom. The molecule has 0 fully saturated rings. The van der Waals surface area contributed by atoms with Crippen LogP contribution in [0.2, 0.25) is 0 Å². The van der Waals surface area contributed by atoms with Crippen molar-refractivity contribution in [2.24, 2.45) is 5.14 Å². The van der Waals surface area contributed by atoms with Crippen molar-refractivity contribution in [2.75, 3.05) is 4.90 Å². The molecule has 0 saturated heterocycles.